The van der Waals surface area contributed by atoms with Crippen LogP contribution in [-0.4, -0.2) is 33.3 Å². The molecule has 0 saturated carbocycles. The monoisotopic (exact) mass is 170 g/mol. The van der Waals surface area contributed by atoms with Gasteiger partial charge in [0.15, 0.2) is 6.04 Å². The molecule has 6 nitrogen and oxygen atoms in total. The number of hydrogen-bond acceptors (Lipinski definition) is 5. The lowest BCUT2D eigenvalue weighted by molar-refractivity contribution is -0.145. The molecule has 1 heterocycles. The molecule has 0 aliphatic heterocycles. The second kappa shape index (κ2) is 3.80. The highest BCUT2D eigenvalue weighted by Crippen LogP contribution is 2.09. The zero-order valence-electron chi connectivity index (χ0n) is 6.97. The van der Waals surface area contributed by atoms with Crippen molar-refractivity contribution in [1.29, 1.82) is 0 Å². The van der Waals surface area contributed by atoms with Gasteiger partial charge in [-0.3, -0.25) is 0 Å². The molecule has 1 atom stereocenters. The molecule has 66 valence electrons. The maximum absolute atomic E-state index is 11.1. The van der Waals surface area contributed by atoms with Crippen LogP contribution < -0.4 is 0 Å². The summed E-state index contributed by atoms with van der Waals surface area (Å²) in [5, 5.41) is 10.5. The van der Waals surface area contributed by atoms with E-state index in [1.807, 2.05) is 6.92 Å². The van der Waals surface area contributed by atoms with Gasteiger partial charge in [0, 0.05) is 0 Å². The van der Waals surface area contributed by atoms with Gasteiger partial charge in [0.25, 0.3) is 0 Å². The van der Waals surface area contributed by atoms with Gasteiger partial charge in [-0.05, 0) is 16.8 Å². The lowest BCUT2D eigenvalue weighted by atomic mass is 10.2. The third kappa shape index (κ3) is 1.58. The summed E-state index contributed by atoms with van der Waals surface area (Å²) in [6.07, 6.45) is 2.00. The first-order valence-electron chi connectivity index (χ1n) is 3.60. The number of rotatable bonds is 3. The summed E-state index contributed by atoms with van der Waals surface area (Å²) in [5.74, 6) is -0.329. The van der Waals surface area contributed by atoms with Crippen molar-refractivity contribution in [1.82, 2.24) is 20.2 Å². The Morgan fingerprint density at radius 1 is 1.75 bits per heavy atom. The van der Waals surface area contributed by atoms with E-state index in [1.54, 1.807) is 0 Å². The first-order valence-corrected chi connectivity index (χ1v) is 3.60. The fourth-order valence-corrected chi connectivity index (χ4v) is 0.909. The average molecular weight is 170 g/mol. The largest absolute Gasteiger partial charge is 0.467 e. The first kappa shape index (κ1) is 8.63. The van der Waals surface area contributed by atoms with E-state index in [4.69, 9.17) is 0 Å². The zero-order chi connectivity index (χ0) is 8.97. The molecular weight excluding hydrogens is 160 g/mol. The van der Waals surface area contributed by atoms with Crippen LogP contribution >= 0.6 is 0 Å². The fourth-order valence-electron chi connectivity index (χ4n) is 0.909. The fraction of sp³-hybridized carbons (Fsp3) is 0.667. The first-order chi connectivity index (χ1) is 5.79. The number of aromatic nitrogens is 4. The van der Waals surface area contributed by atoms with Gasteiger partial charge in [-0.2, -0.15) is 0 Å². The number of hydrogen-bond donors (Lipinski definition) is 0. The van der Waals surface area contributed by atoms with Gasteiger partial charge in [0.2, 0.25) is 0 Å². The van der Waals surface area contributed by atoms with Crippen LogP contribution in [0.1, 0.15) is 19.4 Å². The molecule has 0 amide bonds. The van der Waals surface area contributed by atoms with E-state index in [-0.39, 0.29) is 5.97 Å². The number of carbonyl (C=O) groups excluding carboxylic acids is 1. The van der Waals surface area contributed by atoms with E-state index < -0.39 is 6.04 Å². The smallest absolute Gasteiger partial charge is 0.330 e. The van der Waals surface area contributed by atoms with Crippen LogP contribution in [0.3, 0.4) is 0 Å². The van der Waals surface area contributed by atoms with Crippen LogP contribution in [0.25, 0.3) is 0 Å². The molecule has 0 fully saturated rings. The maximum atomic E-state index is 11.1. The van der Waals surface area contributed by atoms with Crippen molar-refractivity contribution in [2.75, 3.05) is 7.11 Å². The minimum Gasteiger partial charge on any atom is -0.467 e. The molecular formula is C6H10N4O2. The van der Waals surface area contributed by atoms with Crippen molar-refractivity contribution in [3.63, 3.8) is 0 Å². The molecule has 0 aromatic carbocycles. The van der Waals surface area contributed by atoms with Crippen LogP contribution in [0, 0.1) is 0 Å². The van der Waals surface area contributed by atoms with Crippen molar-refractivity contribution in [2.24, 2.45) is 0 Å². The number of carbonyl (C=O) groups is 1. The van der Waals surface area contributed by atoms with E-state index in [0.29, 0.717) is 6.42 Å². The van der Waals surface area contributed by atoms with Crippen LogP contribution in [0.4, 0.5) is 0 Å². The van der Waals surface area contributed by atoms with Gasteiger partial charge in [-0.25, -0.2) is 9.48 Å². The minimum absolute atomic E-state index is 0.329. The summed E-state index contributed by atoms with van der Waals surface area (Å²) in [7, 11) is 1.34. The maximum Gasteiger partial charge on any atom is 0.330 e. The minimum atomic E-state index is -0.412. The molecule has 0 aliphatic rings. The Morgan fingerprint density at radius 3 is 2.92 bits per heavy atom. The number of methoxy groups -OCH3 is 1. The summed E-state index contributed by atoms with van der Waals surface area (Å²) in [6, 6.07) is -0.412. The Balaban J connectivity index is 2.76. The van der Waals surface area contributed by atoms with Crippen LogP contribution in [-0.2, 0) is 9.53 Å². The van der Waals surface area contributed by atoms with Crippen molar-refractivity contribution >= 4 is 5.97 Å². The van der Waals surface area contributed by atoms with E-state index in [0.717, 1.165) is 0 Å². The number of nitrogens with zero attached hydrogens (tertiary/aromatic N) is 4. The summed E-state index contributed by atoms with van der Waals surface area (Å²) in [4.78, 5) is 11.1. The van der Waals surface area contributed by atoms with E-state index >= 15 is 0 Å². The molecule has 0 radical (unpaired) electrons. The van der Waals surface area contributed by atoms with Crippen molar-refractivity contribution < 1.29 is 9.53 Å². The van der Waals surface area contributed by atoms with Gasteiger partial charge in [-0.1, -0.05) is 6.92 Å². The van der Waals surface area contributed by atoms with Crippen molar-refractivity contribution in [3.05, 3.63) is 6.33 Å². The Morgan fingerprint density at radius 2 is 2.50 bits per heavy atom. The van der Waals surface area contributed by atoms with Gasteiger partial charge in [0.05, 0.1) is 7.11 Å². The lowest BCUT2D eigenvalue weighted by Gasteiger charge is -2.10. The third-order valence-corrected chi connectivity index (χ3v) is 1.54. The number of ether oxygens (including phenoxy) is 1. The molecule has 0 N–H and O–H groups in total. The number of tetrazole rings is 1. The molecule has 0 spiro atoms. The Kier molecular flexibility index (Phi) is 2.73. The quantitative estimate of drug-likeness (QED) is 0.587. The predicted octanol–water partition coefficient (Wildman–Crippen LogP) is -0.203. The Bertz CT molecular complexity index is 246. The van der Waals surface area contributed by atoms with Crippen molar-refractivity contribution in [2.45, 2.75) is 19.4 Å². The lowest BCUT2D eigenvalue weighted by Crippen LogP contribution is -2.20. The highest BCUT2D eigenvalue weighted by molar-refractivity contribution is 5.73. The normalized spacial score (nSPS) is 12.5. The topological polar surface area (TPSA) is 69.9 Å². The summed E-state index contributed by atoms with van der Waals surface area (Å²) in [5.41, 5.74) is 0. The molecule has 0 aliphatic carbocycles. The summed E-state index contributed by atoms with van der Waals surface area (Å²) < 4.78 is 5.95. The molecule has 1 rings (SSSR count). The van der Waals surface area contributed by atoms with Crippen LogP contribution in [0.15, 0.2) is 6.33 Å². The molecule has 0 bridgehead atoms. The van der Waals surface area contributed by atoms with Gasteiger partial charge in [-0.15, -0.1) is 5.10 Å². The van der Waals surface area contributed by atoms with E-state index in [9.17, 15) is 4.79 Å². The SMILES string of the molecule is CCC(C(=O)OC)n1cnnn1. The molecule has 6 heteroatoms. The molecule has 1 aromatic rings. The van der Waals surface area contributed by atoms with E-state index in [2.05, 4.69) is 20.3 Å². The third-order valence-electron chi connectivity index (χ3n) is 1.54. The highest BCUT2D eigenvalue weighted by atomic mass is 16.5. The predicted molar refractivity (Wildman–Crippen MR) is 39.2 cm³/mol. The second-order valence-corrected chi connectivity index (χ2v) is 2.24. The van der Waals surface area contributed by atoms with Crippen LogP contribution in [0.5, 0.6) is 0 Å². The molecule has 1 unspecified atom stereocenters. The Hall–Kier alpha value is -1.46. The summed E-state index contributed by atoms with van der Waals surface area (Å²) >= 11 is 0. The van der Waals surface area contributed by atoms with Gasteiger partial charge >= 0.3 is 5.97 Å². The molecule has 0 saturated heterocycles. The molecule has 12 heavy (non-hydrogen) atoms. The average Bonchev–Trinajstić information content (AvgIpc) is 2.58. The zero-order valence-corrected chi connectivity index (χ0v) is 6.97. The van der Waals surface area contributed by atoms with Crippen molar-refractivity contribution in [3.8, 4) is 0 Å². The highest BCUT2D eigenvalue weighted by Gasteiger charge is 2.19. The summed E-state index contributed by atoms with van der Waals surface area (Å²) in [6.45, 7) is 1.86. The van der Waals surface area contributed by atoms with Gasteiger partial charge in [0.1, 0.15) is 6.33 Å². The standard InChI is InChI=1S/C6H10N4O2/c1-3-5(6(11)12-2)10-4-7-8-9-10/h4-5H,3H2,1-2H3. The van der Waals surface area contributed by atoms with Crippen LogP contribution in [0.2, 0.25) is 0 Å². The molecule has 1 aromatic heterocycles. The second-order valence-electron chi connectivity index (χ2n) is 2.24. The number of esters is 1. The Labute approximate surface area is 69.5 Å². The van der Waals surface area contributed by atoms with Gasteiger partial charge < -0.3 is 4.74 Å². The van der Waals surface area contributed by atoms with E-state index in [1.165, 1.54) is 18.1 Å².